The molecule has 3 nitrogen and oxygen atoms in total. The van der Waals surface area contributed by atoms with Crippen molar-refractivity contribution in [3.8, 4) is 0 Å². The Morgan fingerprint density at radius 2 is 1.65 bits per heavy atom. The fraction of sp³-hybridized carbons (Fsp3) is 0.286. The van der Waals surface area contributed by atoms with Crippen molar-refractivity contribution in [2.24, 2.45) is 0 Å². The van der Waals surface area contributed by atoms with E-state index in [1.807, 2.05) is 44.2 Å². The van der Waals surface area contributed by atoms with Crippen molar-refractivity contribution < 1.29 is 9.59 Å². The van der Waals surface area contributed by atoms with Crippen molar-refractivity contribution in [2.45, 2.75) is 20.3 Å². The van der Waals surface area contributed by atoms with Gasteiger partial charge in [-0.25, -0.2) is 0 Å². The standard InChI is InChI=1S/C14H15NO2/c1-3-11-12(10-8-6-5-7-9-10)14(17)15(4-2)13(11)16/h5-9H,3-4H2,1-2H3. The number of imide groups is 1. The highest BCUT2D eigenvalue weighted by molar-refractivity contribution is 6.35. The Bertz CT molecular complexity index is 488. The lowest BCUT2D eigenvalue weighted by Crippen LogP contribution is -2.31. The van der Waals surface area contributed by atoms with Crippen LogP contribution in [0.4, 0.5) is 0 Å². The number of hydrogen-bond acceptors (Lipinski definition) is 2. The van der Waals surface area contributed by atoms with Crippen molar-refractivity contribution in [3.05, 3.63) is 41.5 Å². The third-order valence-corrected chi connectivity index (χ3v) is 3.00. The summed E-state index contributed by atoms with van der Waals surface area (Å²) in [4.78, 5) is 25.5. The van der Waals surface area contributed by atoms with Gasteiger partial charge < -0.3 is 0 Å². The molecule has 0 radical (unpaired) electrons. The summed E-state index contributed by atoms with van der Waals surface area (Å²) in [7, 11) is 0. The molecule has 0 saturated carbocycles. The second-order valence-electron chi connectivity index (χ2n) is 3.93. The molecule has 1 aliphatic heterocycles. The van der Waals surface area contributed by atoms with Crippen molar-refractivity contribution >= 4 is 17.4 Å². The molecule has 2 amide bonds. The van der Waals surface area contributed by atoms with Crippen molar-refractivity contribution in [1.29, 1.82) is 0 Å². The van der Waals surface area contributed by atoms with Crippen LogP contribution in [0.3, 0.4) is 0 Å². The van der Waals surface area contributed by atoms with Gasteiger partial charge in [-0.15, -0.1) is 0 Å². The van der Waals surface area contributed by atoms with Crippen LogP contribution in [0.2, 0.25) is 0 Å². The van der Waals surface area contributed by atoms with Crippen LogP contribution in [0.25, 0.3) is 5.57 Å². The average molecular weight is 229 g/mol. The van der Waals surface area contributed by atoms with Gasteiger partial charge in [0, 0.05) is 12.1 Å². The van der Waals surface area contributed by atoms with E-state index >= 15 is 0 Å². The first-order valence-electron chi connectivity index (χ1n) is 5.85. The molecule has 88 valence electrons. The van der Waals surface area contributed by atoms with Gasteiger partial charge in [-0.05, 0) is 18.9 Å². The summed E-state index contributed by atoms with van der Waals surface area (Å²) in [5, 5.41) is 0. The molecule has 0 atom stereocenters. The molecule has 0 N–H and O–H groups in total. The minimum Gasteiger partial charge on any atom is -0.275 e. The van der Waals surface area contributed by atoms with E-state index in [1.165, 1.54) is 4.90 Å². The van der Waals surface area contributed by atoms with E-state index in [4.69, 9.17) is 0 Å². The summed E-state index contributed by atoms with van der Waals surface area (Å²) in [6.45, 7) is 4.15. The molecule has 1 aromatic rings. The zero-order valence-corrected chi connectivity index (χ0v) is 10.1. The number of carbonyl (C=O) groups is 2. The van der Waals surface area contributed by atoms with Gasteiger partial charge in [-0.1, -0.05) is 37.3 Å². The molecule has 17 heavy (non-hydrogen) atoms. The third kappa shape index (κ3) is 1.78. The van der Waals surface area contributed by atoms with Gasteiger partial charge in [-0.3, -0.25) is 14.5 Å². The van der Waals surface area contributed by atoms with Crippen molar-refractivity contribution in [3.63, 3.8) is 0 Å². The maximum atomic E-state index is 12.2. The number of benzene rings is 1. The minimum atomic E-state index is -0.166. The van der Waals surface area contributed by atoms with E-state index in [1.54, 1.807) is 0 Å². The van der Waals surface area contributed by atoms with Crippen LogP contribution in [-0.2, 0) is 9.59 Å². The monoisotopic (exact) mass is 229 g/mol. The zero-order chi connectivity index (χ0) is 12.4. The Balaban J connectivity index is 2.54. The van der Waals surface area contributed by atoms with Gasteiger partial charge in [-0.2, -0.15) is 0 Å². The van der Waals surface area contributed by atoms with Crippen molar-refractivity contribution in [1.82, 2.24) is 4.90 Å². The maximum absolute atomic E-state index is 12.2. The van der Waals surface area contributed by atoms with E-state index in [2.05, 4.69) is 0 Å². The quantitative estimate of drug-likeness (QED) is 0.745. The molecule has 0 unspecified atom stereocenters. The summed E-state index contributed by atoms with van der Waals surface area (Å²) >= 11 is 0. The topological polar surface area (TPSA) is 37.4 Å². The van der Waals surface area contributed by atoms with E-state index in [0.717, 1.165) is 5.56 Å². The number of amides is 2. The number of rotatable bonds is 3. The van der Waals surface area contributed by atoms with Crippen LogP contribution in [0.5, 0.6) is 0 Å². The van der Waals surface area contributed by atoms with Crippen LogP contribution >= 0.6 is 0 Å². The number of likely N-dealkylation sites (N-methyl/N-ethyl adjacent to an activating group) is 1. The second-order valence-corrected chi connectivity index (χ2v) is 3.93. The van der Waals surface area contributed by atoms with Crippen LogP contribution in [0.15, 0.2) is 35.9 Å². The largest absolute Gasteiger partial charge is 0.275 e. The van der Waals surface area contributed by atoms with Crippen LogP contribution in [0.1, 0.15) is 25.8 Å². The van der Waals surface area contributed by atoms with E-state index < -0.39 is 0 Å². The molecule has 0 saturated heterocycles. The highest BCUT2D eigenvalue weighted by Crippen LogP contribution is 2.30. The first-order valence-corrected chi connectivity index (χ1v) is 5.85. The molecule has 0 aromatic heterocycles. The number of hydrogen-bond donors (Lipinski definition) is 0. The smallest absolute Gasteiger partial charge is 0.261 e. The molecule has 1 aromatic carbocycles. The van der Waals surface area contributed by atoms with E-state index in [9.17, 15) is 9.59 Å². The normalized spacial score (nSPS) is 16.0. The number of carbonyl (C=O) groups excluding carboxylic acids is 2. The summed E-state index contributed by atoms with van der Waals surface area (Å²) in [5.74, 6) is -0.306. The fourth-order valence-electron chi connectivity index (χ4n) is 2.14. The Morgan fingerprint density at radius 1 is 1.00 bits per heavy atom. The summed E-state index contributed by atoms with van der Waals surface area (Å²) < 4.78 is 0. The van der Waals surface area contributed by atoms with Crippen molar-refractivity contribution in [2.75, 3.05) is 6.54 Å². The van der Waals surface area contributed by atoms with Crippen LogP contribution in [-0.4, -0.2) is 23.3 Å². The molecule has 0 spiro atoms. The highest BCUT2D eigenvalue weighted by Gasteiger charge is 2.36. The minimum absolute atomic E-state index is 0.140. The molecule has 0 aliphatic carbocycles. The van der Waals surface area contributed by atoms with Crippen LogP contribution < -0.4 is 0 Å². The predicted octanol–water partition coefficient (Wildman–Crippen LogP) is 2.24. The van der Waals surface area contributed by atoms with E-state index in [0.29, 0.717) is 24.1 Å². The second kappa shape index (κ2) is 4.53. The molecular formula is C14H15NO2. The Morgan fingerprint density at radius 3 is 2.18 bits per heavy atom. The SMILES string of the molecule is CCC1=C(c2ccccc2)C(=O)N(CC)C1=O. The number of nitrogens with zero attached hydrogens (tertiary/aromatic N) is 1. The first kappa shape index (κ1) is 11.6. The Kier molecular flexibility index (Phi) is 3.09. The summed E-state index contributed by atoms with van der Waals surface area (Å²) in [6, 6.07) is 9.39. The molecule has 0 fully saturated rings. The lowest BCUT2D eigenvalue weighted by atomic mass is 10.0. The van der Waals surface area contributed by atoms with Gasteiger partial charge in [0.2, 0.25) is 0 Å². The third-order valence-electron chi connectivity index (χ3n) is 3.00. The van der Waals surface area contributed by atoms with Gasteiger partial charge in [0.1, 0.15) is 0 Å². The Labute approximate surface area is 101 Å². The summed E-state index contributed by atoms with van der Waals surface area (Å²) in [6.07, 6.45) is 0.589. The molecule has 0 bridgehead atoms. The van der Waals surface area contributed by atoms with Gasteiger partial charge in [0.15, 0.2) is 0 Å². The van der Waals surface area contributed by atoms with Gasteiger partial charge in [0.05, 0.1) is 5.57 Å². The van der Waals surface area contributed by atoms with Gasteiger partial charge >= 0.3 is 0 Å². The highest BCUT2D eigenvalue weighted by atomic mass is 16.2. The molecular weight excluding hydrogens is 214 g/mol. The zero-order valence-electron chi connectivity index (χ0n) is 10.1. The van der Waals surface area contributed by atoms with Crippen LogP contribution in [0, 0.1) is 0 Å². The predicted molar refractivity (Wildman–Crippen MR) is 66.0 cm³/mol. The molecule has 3 heteroatoms. The molecule has 2 rings (SSSR count). The van der Waals surface area contributed by atoms with Gasteiger partial charge in [0.25, 0.3) is 11.8 Å². The molecule has 1 aliphatic rings. The first-order chi connectivity index (χ1) is 8.20. The lowest BCUT2D eigenvalue weighted by molar-refractivity contribution is -0.136. The lowest BCUT2D eigenvalue weighted by Gasteiger charge is -2.11. The summed E-state index contributed by atoms with van der Waals surface area (Å²) in [5.41, 5.74) is 2.03. The molecule has 1 heterocycles. The Hall–Kier alpha value is -1.90. The maximum Gasteiger partial charge on any atom is 0.261 e. The van der Waals surface area contributed by atoms with E-state index in [-0.39, 0.29) is 11.8 Å². The average Bonchev–Trinajstić information content (AvgIpc) is 2.61. The fourth-order valence-corrected chi connectivity index (χ4v) is 2.14.